The van der Waals surface area contributed by atoms with Gasteiger partial charge >= 0.3 is 0 Å². The second kappa shape index (κ2) is 9.96. The van der Waals surface area contributed by atoms with Crippen molar-refractivity contribution in [1.29, 1.82) is 0 Å². The number of pyridine rings is 1. The number of aromatic nitrogens is 3. The maximum Gasteiger partial charge on any atom is 0.223 e. The van der Waals surface area contributed by atoms with Gasteiger partial charge in [0, 0.05) is 48.4 Å². The van der Waals surface area contributed by atoms with Crippen molar-refractivity contribution in [3.05, 3.63) is 52.2 Å². The molecular formula is C27H31F2N5O4. The lowest BCUT2D eigenvalue weighted by atomic mass is 10.0. The molecule has 3 aliphatic heterocycles. The fourth-order valence-corrected chi connectivity index (χ4v) is 5.76. The largest absolute Gasteiger partial charge is 0.386 e. The first-order valence-electron chi connectivity index (χ1n) is 13.1. The first kappa shape index (κ1) is 25.3. The van der Waals surface area contributed by atoms with Crippen molar-refractivity contribution in [2.75, 3.05) is 25.0 Å². The molecule has 3 fully saturated rings. The van der Waals surface area contributed by atoms with E-state index in [4.69, 9.17) is 9.47 Å². The van der Waals surface area contributed by atoms with Crippen LogP contribution in [0.25, 0.3) is 22.2 Å². The Bertz CT molecular complexity index is 1420. The second-order valence-electron chi connectivity index (χ2n) is 10.6. The minimum Gasteiger partial charge on any atom is -0.386 e. The van der Waals surface area contributed by atoms with E-state index in [0.29, 0.717) is 55.5 Å². The molecule has 2 N–H and O–H groups in total. The quantitative estimate of drug-likeness (QED) is 0.505. The first-order valence-corrected chi connectivity index (χ1v) is 13.1. The molecule has 202 valence electrons. The zero-order valence-corrected chi connectivity index (χ0v) is 21.3. The third kappa shape index (κ3) is 4.68. The topological polar surface area (TPSA) is 102 Å². The molecule has 0 radical (unpaired) electrons. The van der Waals surface area contributed by atoms with Gasteiger partial charge in [0.2, 0.25) is 5.95 Å². The Morgan fingerprint density at radius 1 is 1.29 bits per heavy atom. The molecule has 0 spiro atoms. The molecule has 0 unspecified atom stereocenters. The fraction of sp³-hybridized carbons (Fsp3) is 0.519. The highest BCUT2D eigenvalue weighted by Gasteiger charge is 2.43. The Kier molecular flexibility index (Phi) is 6.63. The summed E-state index contributed by atoms with van der Waals surface area (Å²) in [6, 6.07) is 6.36. The standard InChI is InChI=1S/C27H31F2N5O4/c1-14(2)34-17(12-33-6-5-16(28)11-33)8-23(35)19-4-3-15(7-22(19)34)24-20(29)10-30-27(32-24)31-21-9-18-13-37-26(38-18)25(21)36/h3-4,7-8,10,14,16,18,21,25-26,36H,5-6,9,11-13H2,1-2H3,(H,30,31,32)/t16-,18+,21-,25+,26-/m1/s1. The van der Waals surface area contributed by atoms with E-state index in [9.17, 15) is 14.3 Å². The van der Waals surface area contributed by atoms with Crippen LogP contribution in [0.2, 0.25) is 0 Å². The van der Waals surface area contributed by atoms with Gasteiger partial charge in [0.25, 0.3) is 0 Å². The molecule has 5 heterocycles. The number of aliphatic hydroxyl groups excluding tert-OH is 1. The highest BCUT2D eigenvalue weighted by Crippen LogP contribution is 2.31. The van der Waals surface area contributed by atoms with Crippen molar-refractivity contribution in [3.8, 4) is 11.3 Å². The minimum atomic E-state index is -0.909. The summed E-state index contributed by atoms with van der Waals surface area (Å²) in [5, 5.41) is 14.2. The third-order valence-corrected chi connectivity index (χ3v) is 7.56. The van der Waals surface area contributed by atoms with Gasteiger partial charge in [-0.3, -0.25) is 9.69 Å². The van der Waals surface area contributed by atoms with Crippen LogP contribution in [-0.2, 0) is 16.0 Å². The number of fused-ring (bicyclic) bond motifs is 3. The average molecular weight is 528 g/mol. The molecule has 1 aromatic carbocycles. The lowest BCUT2D eigenvalue weighted by Gasteiger charge is -2.32. The number of rotatable bonds is 6. The average Bonchev–Trinajstić information content (AvgIpc) is 3.49. The fourth-order valence-electron chi connectivity index (χ4n) is 5.76. The van der Waals surface area contributed by atoms with E-state index in [1.807, 2.05) is 18.7 Å². The van der Waals surface area contributed by atoms with E-state index in [1.54, 1.807) is 24.3 Å². The van der Waals surface area contributed by atoms with Crippen molar-refractivity contribution in [3.63, 3.8) is 0 Å². The molecule has 3 saturated heterocycles. The van der Waals surface area contributed by atoms with E-state index in [0.717, 1.165) is 11.9 Å². The van der Waals surface area contributed by atoms with E-state index < -0.39 is 30.4 Å². The molecule has 5 atom stereocenters. The summed E-state index contributed by atoms with van der Waals surface area (Å²) in [6.07, 6.45) is -0.495. The van der Waals surface area contributed by atoms with Crippen LogP contribution in [0.15, 0.2) is 35.3 Å². The Morgan fingerprint density at radius 3 is 2.89 bits per heavy atom. The van der Waals surface area contributed by atoms with Crippen molar-refractivity contribution < 1.29 is 23.4 Å². The lowest BCUT2D eigenvalue weighted by Crippen LogP contribution is -2.48. The molecule has 6 rings (SSSR count). The Labute approximate surface area is 218 Å². The van der Waals surface area contributed by atoms with Crippen molar-refractivity contribution >= 4 is 16.9 Å². The molecule has 38 heavy (non-hydrogen) atoms. The maximum absolute atomic E-state index is 15.0. The van der Waals surface area contributed by atoms with Crippen LogP contribution in [0.3, 0.4) is 0 Å². The monoisotopic (exact) mass is 527 g/mol. The number of aliphatic hydroxyl groups is 1. The van der Waals surface area contributed by atoms with Gasteiger partial charge in [-0.1, -0.05) is 6.07 Å². The van der Waals surface area contributed by atoms with E-state index in [-0.39, 0.29) is 29.2 Å². The summed E-state index contributed by atoms with van der Waals surface area (Å²) in [7, 11) is 0. The Morgan fingerprint density at radius 2 is 2.13 bits per heavy atom. The second-order valence-corrected chi connectivity index (χ2v) is 10.6. The Balaban J connectivity index is 1.36. The summed E-state index contributed by atoms with van der Waals surface area (Å²) in [6.45, 7) is 5.91. The summed E-state index contributed by atoms with van der Waals surface area (Å²) >= 11 is 0. The van der Waals surface area contributed by atoms with Gasteiger partial charge in [-0.2, -0.15) is 0 Å². The molecule has 2 aromatic heterocycles. The van der Waals surface area contributed by atoms with Gasteiger partial charge in [-0.25, -0.2) is 18.7 Å². The number of nitrogens with one attached hydrogen (secondary N) is 1. The molecule has 11 heteroatoms. The SMILES string of the molecule is CC(C)n1c(CN2CC[C@@H](F)C2)cc(=O)c2ccc(-c3nc(N[C@@H]4C[C@H]5CO[C@H](O5)[C@H]4O)ncc3F)cc21. The number of hydrogen-bond acceptors (Lipinski definition) is 8. The van der Waals surface area contributed by atoms with Gasteiger partial charge in [-0.15, -0.1) is 0 Å². The van der Waals surface area contributed by atoms with Crippen LogP contribution in [0, 0.1) is 5.82 Å². The number of likely N-dealkylation sites (tertiary alicyclic amines) is 1. The van der Waals surface area contributed by atoms with Gasteiger partial charge in [0.15, 0.2) is 17.5 Å². The summed E-state index contributed by atoms with van der Waals surface area (Å²) in [5.41, 5.74) is 1.90. The number of alkyl halides is 1. The third-order valence-electron chi connectivity index (χ3n) is 7.56. The number of hydrogen-bond donors (Lipinski definition) is 2. The van der Waals surface area contributed by atoms with Gasteiger partial charge in [0.05, 0.1) is 30.5 Å². The first-order chi connectivity index (χ1) is 18.3. The molecular weight excluding hydrogens is 496 g/mol. The number of nitrogens with zero attached hydrogens (tertiary/aromatic N) is 4. The van der Waals surface area contributed by atoms with Crippen LogP contribution >= 0.6 is 0 Å². The van der Waals surface area contributed by atoms with Crippen molar-refractivity contribution in [2.45, 2.75) is 70.0 Å². The number of benzene rings is 1. The highest BCUT2D eigenvalue weighted by molar-refractivity contribution is 5.84. The van der Waals surface area contributed by atoms with Crippen molar-refractivity contribution in [2.24, 2.45) is 0 Å². The van der Waals surface area contributed by atoms with Crippen LogP contribution < -0.4 is 10.7 Å². The molecule has 9 nitrogen and oxygen atoms in total. The number of ether oxygens (including phenoxy) is 2. The van der Waals surface area contributed by atoms with Crippen LogP contribution in [-0.4, -0.2) is 74.9 Å². The summed E-state index contributed by atoms with van der Waals surface area (Å²) < 4.78 is 41.9. The molecule has 3 aromatic rings. The lowest BCUT2D eigenvalue weighted by molar-refractivity contribution is -0.156. The van der Waals surface area contributed by atoms with E-state index in [2.05, 4.69) is 19.9 Å². The van der Waals surface area contributed by atoms with Crippen LogP contribution in [0.5, 0.6) is 0 Å². The van der Waals surface area contributed by atoms with E-state index >= 15 is 4.39 Å². The summed E-state index contributed by atoms with van der Waals surface area (Å²) in [4.78, 5) is 23.6. The number of anilines is 1. The van der Waals surface area contributed by atoms with Crippen molar-refractivity contribution in [1.82, 2.24) is 19.4 Å². The molecule has 0 aliphatic carbocycles. The number of halogens is 2. The zero-order valence-electron chi connectivity index (χ0n) is 21.3. The van der Waals surface area contributed by atoms with Gasteiger partial charge in [0.1, 0.15) is 18.0 Å². The predicted molar refractivity (Wildman–Crippen MR) is 137 cm³/mol. The van der Waals surface area contributed by atoms with Crippen LogP contribution in [0.4, 0.5) is 14.7 Å². The predicted octanol–water partition coefficient (Wildman–Crippen LogP) is 3.01. The zero-order chi connectivity index (χ0) is 26.6. The molecule has 2 bridgehead atoms. The van der Waals surface area contributed by atoms with Gasteiger partial charge < -0.3 is 24.5 Å². The molecule has 3 aliphatic rings. The molecule has 0 saturated carbocycles. The maximum atomic E-state index is 15.0. The normalized spacial score (nSPS) is 27.5. The van der Waals surface area contributed by atoms with Gasteiger partial charge in [-0.05, 0) is 38.8 Å². The Hall–Kier alpha value is -2.99. The smallest absolute Gasteiger partial charge is 0.223 e. The summed E-state index contributed by atoms with van der Waals surface area (Å²) in [5.74, 6) is -0.428. The molecule has 0 amide bonds. The highest BCUT2D eigenvalue weighted by atomic mass is 19.1. The van der Waals surface area contributed by atoms with Crippen LogP contribution in [0.1, 0.15) is 38.4 Å². The van der Waals surface area contributed by atoms with E-state index in [1.165, 1.54) is 0 Å². The minimum absolute atomic E-state index is 0.00666.